The lowest BCUT2D eigenvalue weighted by Gasteiger charge is -2.20. The standard InChI is InChI=1S/C22H29FN4O2S/c23-18-10-4-5-11-19(18)27-20(12-13-24-21(28)16-7-2-1-3-8-16)25-26-22(27)30-15-17-9-6-14-29-17/h4-5,10-11,16-17H,1-3,6-9,12-15H2,(H,24,28)/t17-/m1/s1. The maximum Gasteiger partial charge on any atom is 0.223 e. The summed E-state index contributed by atoms with van der Waals surface area (Å²) in [6.45, 7) is 1.27. The summed E-state index contributed by atoms with van der Waals surface area (Å²) in [5.41, 5.74) is 0.436. The van der Waals surface area contributed by atoms with Gasteiger partial charge in [-0.25, -0.2) is 4.39 Å². The fraction of sp³-hybridized carbons (Fsp3) is 0.591. The third-order valence-corrected chi connectivity index (χ3v) is 6.90. The summed E-state index contributed by atoms with van der Waals surface area (Å²) in [7, 11) is 0. The normalized spacial score (nSPS) is 19.8. The summed E-state index contributed by atoms with van der Waals surface area (Å²) >= 11 is 1.54. The molecule has 8 heteroatoms. The number of thioether (sulfide) groups is 1. The molecule has 6 nitrogen and oxygen atoms in total. The van der Waals surface area contributed by atoms with E-state index >= 15 is 0 Å². The highest BCUT2D eigenvalue weighted by Crippen LogP contribution is 2.27. The lowest BCUT2D eigenvalue weighted by Crippen LogP contribution is -2.33. The minimum Gasteiger partial charge on any atom is -0.377 e. The van der Waals surface area contributed by atoms with Crippen molar-refractivity contribution in [1.29, 1.82) is 0 Å². The zero-order chi connectivity index (χ0) is 20.8. The minimum absolute atomic E-state index is 0.125. The van der Waals surface area contributed by atoms with Crippen LogP contribution in [0, 0.1) is 11.7 Å². The Morgan fingerprint density at radius 2 is 2.00 bits per heavy atom. The Morgan fingerprint density at radius 3 is 2.77 bits per heavy atom. The molecule has 1 aromatic carbocycles. The average molecular weight is 433 g/mol. The van der Waals surface area contributed by atoms with Gasteiger partial charge in [-0.05, 0) is 37.8 Å². The number of para-hydroxylation sites is 1. The lowest BCUT2D eigenvalue weighted by molar-refractivity contribution is -0.125. The smallest absolute Gasteiger partial charge is 0.223 e. The van der Waals surface area contributed by atoms with Crippen molar-refractivity contribution in [2.45, 2.75) is 62.6 Å². The third kappa shape index (κ3) is 5.21. The first kappa shape index (κ1) is 21.3. The Balaban J connectivity index is 1.44. The van der Waals surface area contributed by atoms with Gasteiger partial charge in [-0.3, -0.25) is 9.36 Å². The molecule has 0 spiro atoms. The van der Waals surface area contributed by atoms with Crippen LogP contribution in [0.5, 0.6) is 0 Å². The average Bonchev–Trinajstić information content (AvgIpc) is 3.43. The van der Waals surface area contributed by atoms with E-state index in [4.69, 9.17) is 4.74 Å². The maximum atomic E-state index is 14.6. The van der Waals surface area contributed by atoms with Crippen LogP contribution in [0.4, 0.5) is 4.39 Å². The highest BCUT2D eigenvalue weighted by atomic mass is 32.2. The number of nitrogens with zero attached hydrogens (tertiary/aromatic N) is 3. The number of carbonyl (C=O) groups excluding carboxylic acids is 1. The molecule has 1 saturated carbocycles. The van der Waals surface area contributed by atoms with Crippen molar-refractivity contribution in [3.05, 3.63) is 35.9 Å². The van der Waals surface area contributed by atoms with E-state index in [1.165, 1.54) is 12.5 Å². The van der Waals surface area contributed by atoms with Crippen molar-refractivity contribution in [3.8, 4) is 5.69 Å². The Morgan fingerprint density at radius 1 is 1.17 bits per heavy atom. The highest BCUT2D eigenvalue weighted by Gasteiger charge is 2.23. The molecule has 30 heavy (non-hydrogen) atoms. The highest BCUT2D eigenvalue weighted by molar-refractivity contribution is 7.99. The summed E-state index contributed by atoms with van der Waals surface area (Å²) in [6.07, 6.45) is 8.26. The molecule has 4 rings (SSSR count). The number of carbonyl (C=O) groups is 1. The summed E-state index contributed by atoms with van der Waals surface area (Å²) < 4.78 is 22.0. The Bertz CT molecular complexity index is 847. The van der Waals surface area contributed by atoms with Gasteiger partial charge in [-0.1, -0.05) is 43.2 Å². The van der Waals surface area contributed by atoms with E-state index in [1.807, 2.05) is 6.07 Å². The first-order valence-electron chi connectivity index (χ1n) is 10.9. The zero-order valence-electron chi connectivity index (χ0n) is 17.2. The summed E-state index contributed by atoms with van der Waals surface area (Å²) in [5, 5.41) is 12.3. The van der Waals surface area contributed by atoms with Crippen molar-refractivity contribution in [1.82, 2.24) is 20.1 Å². The predicted octanol–water partition coefficient (Wildman–Crippen LogP) is 3.92. The first-order valence-corrected chi connectivity index (χ1v) is 11.9. The molecule has 1 aliphatic carbocycles. The molecular weight excluding hydrogens is 403 g/mol. The predicted molar refractivity (Wildman–Crippen MR) is 114 cm³/mol. The second kappa shape index (κ2) is 10.4. The number of amides is 1. The van der Waals surface area contributed by atoms with Gasteiger partial charge < -0.3 is 10.1 Å². The van der Waals surface area contributed by atoms with Crippen LogP contribution in [0.15, 0.2) is 29.4 Å². The largest absolute Gasteiger partial charge is 0.377 e. The number of hydrogen-bond acceptors (Lipinski definition) is 5. The van der Waals surface area contributed by atoms with Gasteiger partial charge in [0.05, 0.1) is 11.8 Å². The van der Waals surface area contributed by atoms with Crippen molar-refractivity contribution in [2.24, 2.45) is 5.92 Å². The van der Waals surface area contributed by atoms with Crippen LogP contribution >= 0.6 is 11.8 Å². The first-order chi connectivity index (χ1) is 14.7. The van der Waals surface area contributed by atoms with Gasteiger partial charge in [0, 0.05) is 31.2 Å². The van der Waals surface area contributed by atoms with Gasteiger partial charge in [0.2, 0.25) is 5.91 Å². The van der Waals surface area contributed by atoms with Gasteiger partial charge in [0.1, 0.15) is 11.6 Å². The van der Waals surface area contributed by atoms with E-state index < -0.39 is 0 Å². The second-order valence-corrected chi connectivity index (χ2v) is 8.99. The molecule has 1 aliphatic heterocycles. The van der Waals surface area contributed by atoms with Gasteiger partial charge in [0.15, 0.2) is 5.16 Å². The van der Waals surface area contributed by atoms with Crippen molar-refractivity contribution >= 4 is 17.7 Å². The van der Waals surface area contributed by atoms with Gasteiger partial charge in [-0.15, -0.1) is 10.2 Å². The molecule has 0 bridgehead atoms. The topological polar surface area (TPSA) is 69.0 Å². The SMILES string of the molecule is O=C(NCCc1nnc(SC[C@H]2CCCO2)n1-c1ccccc1F)C1CCCCC1. The van der Waals surface area contributed by atoms with Crippen molar-refractivity contribution in [3.63, 3.8) is 0 Å². The van der Waals surface area contributed by atoms with Gasteiger partial charge >= 0.3 is 0 Å². The number of nitrogens with one attached hydrogen (secondary N) is 1. The molecule has 2 heterocycles. The Kier molecular flexibility index (Phi) is 7.38. The monoisotopic (exact) mass is 432 g/mol. The molecule has 1 aromatic heterocycles. The van der Waals surface area contributed by atoms with E-state index in [9.17, 15) is 9.18 Å². The molecule has 1 atom stereocenters. The number of hydrogen-bond donors (Lipinski definition) is 1. The second-order valence-electron chi connectivity index (χ2n) is 8.01. The van der Waals surface area contributed by atoms with Crippen LogP contribution in [0.25, 0.3) is 5.69 Å². The molecule has 2 fully saturated rings. The minimum atomic E-state index is -0.316. The maximum absolute atomic E-state index is 14.6. The van der Waals surface area contributed by atoms with Crippen molar-refractivity contribution < 1.29 is 13.9 Å². The molecule has 1 saturated heterocycles. The molecule has 1 N–H and O–H groups in total. The number of ether oxygens (including phenoxy) is 1. The van der Waals surface area contributed by atoms with E-state index in [1.54, 1.807) is 28.5 Å². The number of aromatic nitrogens is 3. The van der Waals surface area contributed by atoms with E-state index in [-0.39, 0.29) is 23.7 Å². The van der Waals surface area contributed by atoms with Crippen LogP contribution in [0.3, 0.4) is 0 Å². The fourth-order valence-corrected chi connectivity index (χ4v) is 5.21. The summed E-state index contributed by atoms with van der Waals surface area (Å²) in [5.74, 6) is 1.35. The fourth-order valence-electron chi connectivity index (χ4n) is 4.18. The number of benzene rings is 1. The molecule has 0 radical (unpaired) electrons. The van der Waals surface area contributed by atoms with Crippen LogP contribution in [-0.2, 0) is 16.0 Å². The van der Waals surface area contributed by atoms with E-state index in [0.717, 1.165) is 50.9 Å². The van der Waals surface area contributed by atoms with Crippen LogP contribution < -0.4 is 5.32 Å². The van der Waals surface area contributed by atoms with Crippen molar-refractivity contribution in [2.75, 3.05) is 18.9 Å². The molecule has 2 aromatic rings. The van der Waals surface area contributed by atoms with Crippen LogP contribution in [0.2, 0.25) is 0 Å². The Hall–Kier alpha value is -1.93. The van der Waals surface area contributed by atoms with Gasteiger partial charge in [-0.2, -0.15) is 0 Å². The number of rotatable bonds is 8. The van der Waals surface area contributed by atoms with Crippen LogP contribution in [0.1, 0.15) is 50.8 Å². The van der Waals surface area contributed by atoms with E-state index in [0.29, 0.717) is 29.6 Å². The third-order valence-electron chi connectivity index (χ3n) is 5.84. The summed E-state index contributed by atoms with van der Waals surface area (Å²) in [6, 6.07) is 6.66. The molecule has 0 unspecified atom stereocenters. The Labute approximate surface area is 181 Å². The quantitative estimate of drug-likeness (QED) is 0.641. The number of halogens is 1. The summed E-state index contributed by atoms with van der Waals surface area (Å²) in [4.78, 5) is 12.4. The molecule has 2 aliphatic rings. The molecule has 1 amide bonds. The zero-order valence-corrected chi connectivity index (χ0v) is 18.0. The molecule has 162 valence electrons. The molecular formula is C22H29FN4O2S. The van der Waals surface area contributed by atoms with Crippen LogP contribution in [-0.4, -0.2) is 45.7 Å². The van der Waals surface area contributed by atoms with Gasteiger partial charge in [0.25, 0.3) is 0 Å². The lowest BCUT2D eigenvalue weighted by atomic mass is 9.89. The van der Waals surface area contributed by atoms with E-state index in [2.05, 4.69) is 15.5 Å².